The average molecular weight is 324 g/mol. The summed E-state index contributed by atoms with van der Waals surface area (Å²) < 4.78 is 0. The van der Waals surface area contributed by atoms with Crippen molar-refractivity contribution in [2.75, 3.05) is 5.32 Å². The summed E-state index contributed by atoms with van der Waals surface area (Å²) in [5.41, 5.74) is 5.41. The standard InChI is InChI=1S/C20H24N2S/c1-2-19(22-20(23)21-18-10-4-3-5-11-18)17-13-12-15-8-6-7-9-16(15)14-17/h3-5,10-14,19H,2,6-9H2,1H3,(H2,21,22,23)/t19-/m0/s1. The molecule has 0 saturated carbocycles. The predicted molar refractivity (Wildman–Crippen MR) is 102 cm³/mol. The quantitative estimate of drug-likeness (QED) is 0.774. The van der Waals surface area contributed by atoms with Crippen LogP contribution in [0.1, 0.15) is 48.9 Å². The number of thiocarbonyl (C=S) groups is 1. The van der Waals surface area contributed by atoms with Gasteiger partial charge in [-0.1, -0.05) is 43.3 Å². The molecule has 0 bridgehead atoms. The second-order valence-corrected chi connectivity index (χ2v) is 6.57. The fourth-order valence-corrected chi connectivity index (χ4v) is 3.50. The van der Waals surface area contributed by atoms with Crippen molar-refractivity contribution in [1.82, 2.24) is 5.32 Å². The van der Waals surface area contributed by atoms with E-state index in [2.05, 4.69) is 35.8 Å². The Hall–Kier alpha value is -1.87. The van der Waals surface area contributed by atoms with Gasteiger partial charge in [-0.25, -0.2) is 0 Å². The highest BCUT2D eigenvalue weighted by Gasteiger charge is 2.15. The van der Waals surface area contributed by atoms with Gasteiger partial charge in [0.15, 0.2) is 5.11 Å². The van der Waals surface area contributed by atoms with E-state index in [1.807, 2.05) is 30.3 Å². The van der Waals surface area contributed by atoms with Crippen molar-refractivity contribution in [3.8, 4) is 0 Å². The minimum atomic E-state index is 0.255. The largest absolute Gasteiger partial charge is 0.356 e. The first-order valence-electron chi connectivity index (χ1n) is 8.50. The highest BCUT2D eigenvalue weighted by atomic mass is 32.1. The van der Waals surface area contributed by atoms with E-state index in [9.17, 15) is 0 Å². The van der Waals surface area contributed by atoms with Gasteiger partial charge in [0.05, 0.1) is 6.04 Å². The summed E-state index contributed by atoms with van der Waals surface area (Å²) in [6.45, 7) is 2.20. The Morgan fingerprint density at radius 3 is 2.52 bits per heavy atom. The van der Waals surface area contributed by atoms with Crippen molar-refractivity contribution in [1.29, 1.82) is 0 Å². The molecule has 3 heteroatoms. The molecule has 1 aliphatic carbocycles. The molecule has 3 rings (SSSR count). The van der Waals surface area contributed by atoms with Crippen molar-refractivity contribution in [3.05, 3.63) is 65.2 Å². The van der Waals surface area contributed by atoms with Gasteiger partial charge in [-0.3, -0.25) is 0 Å². The van der Waals surface area contributed by atoms with E-state index in [1.54, 1.807) is 0 Å². The van der Waals surface area contributed by atoms with Gasteiger partial charge in [-0.2, -0.15) is 0 Å². The Bertz CT molecular complexity index is 667. The van der Waals surface area contributed by atoms with Crippen LogP contribution in [0.5, 0.6) is 0 Å². The van der Waals surface area contributed by atoms with Crippen LogP contribution in [0.4, 0.5) is 5.69 Å². The van der Waals surface area contributed by atoms with Gasteiger partial charge in [0.2, 0.25) is 0 Å². The number of para-hydroxylation sites is 1. The van der Waals surface area contributed by atoms with Crippen LogP contribution in [0.25, 0.3) is 0 Å². The van der Waals surface area contributed by atoms with Crippen molar-refractivity contribution in [2.24, 2.45) is 0 Å². The van der Waals surface area contributed by atoms with Gasteiger partial charge >= 0.3 is 0 Å². The van der Waals surface area contributed by atoms with Crippen LogP contribution >= 0.6 is 12.2 Å². The van der Waals surface area contributed by atoms with Crippen LogP contribution in [-0.4, -0.2) is 5.11 Å². The van der Waals surface area contributed by atoms with E-state index in [0.29, 0.717) is 5.11 Å². The van der Waals surface area contributed by atoms with Crippen LogP contribution in [0.3, 0.4) is 0 Å². The van der Waals surface area contributed by atoms with Crippen molar-refractivity contribution in [3.63, 3.8) is 0 Å². The molecule has 1 atom stereocenters. The van der Waals surface area contributed by atoms with Crippen LogP contribution in [-0.2, 0) is 12.8 Å². The van der Waals surface area contributed by atoms with Crippen molar-refractivity contribution < 1.29 is 0 Å². The van der Waals surface area contributed by atoms with Crippen molar-refractivity contribution in [2.45, 2.75) is 45.1 Å². The molecule has 0 amide bonds. The molecule has 0 fully saturated rings. The zero-order valence-electron chi connectivity index (χ0n) is 13.6. The molecule has 0 radical (unpaired) electrons. The lowest BCUT2D eigenvalue weighted by atomic mass is 9.89. The number of anilines is 1. The second-order valence-electron chi connectivity index (χ2n) is 6.16. The molecule has 0 unspecified atom stereocenters. The van der Waals surface area contributed by atoms with Crippen LogP contribution in [0, 0.1) is 0 Å². The molecule has 2 nitrogen and oxygen atoms in total. The maximum absolute atomic E-state index is 5.48. The third-order valence-corrected chi connectivity index (χ3v) is 4.74. The first-order chi connectivity index (χ1) is 11.3. The summed E-state index contributed by atoms with van der Waals surface area (Å²) in [5, 5.41) is 7.40. The number of hydrogen-bond acceptors (Lipinski definition) is 1. The molecule has 0 aromatic heterocycles. The van der Waals surface area contributed by atoms with E-state index in [4.69, 9.17) is 12.2 Å². The summed E-state index contributed by atoms with van der Waals surface area (Å²) in [6, 6.07) is 17.3. The number of aryl methyl sites for hydroxylation is 2. The van der Waals surface area contributed by atoms with E-state index in [0.717, 1.165) is 12.1 Å². The smallest absolute Gasteiger partial charge is 0.171 e. The lowest BCUT2D eigenvalue weighted by Crippen LogP contribution is -2.32. The van der Waals surface area contributed by atoms with Gasteiger partial charge < -0.3 is 10.6 Å². The maximum atomic E-state index is 5.48. The van der Waals surface area contributed by atoms with E-state index >= 15 is 0 Å². The number of rotatable bonds is 4. The Morgan fingerprint density at radius 2 is 1.78 bits per heavy atom. The third-order valence-electron chi connectivity index (χ3n) is 4.52. The van der Waals surface area contributed by atoms with Crippen LogP contribution in [0.2, 0.25) is 0 Å². The summed E-state index contributed by atoms with van der Waals surface area (Å²) in [7, 11) is 0. The van der Waals surface area contributed by atoms with Gasteiger partial charge in [-0.05, 0) is 73.1 Å². The maximum Gasteiger partial charge on any atom is 0.171 e. The number of nitrogens with one attached hydrogen (secondary N) is 2. The molecule has 0 saturated heterocycles. The van der Waals surface area contributed by atoms with Gasteiger partial charge in [0.1, 0.15) is 0 Å². The molecule has 1 aliphatic rings. The van der Waals surface area contributed by atoms with Gasteiger partial charge in [0.25, 0.3) is 0 Å². The van der Waals surface area contributed by atoms with Crippen LogP contribution in [0.15, 0.2) is 48.5 Å². The minimum Gasteiger partial charge on any atom is -0.356 e. The third kappa shape index (κ3) is 4.11. The molecule has 2 aromatic rings. The molecule has 120 valence electrons. The highest BCUT2D eigenvalue weighted by molar-refractivity contribution is 7.80. The highest BCUT2D eigenvalue weighted by Crippen LogP contribution is 2.26. The van der Waals surface area contributed by atoms with Crippen LogP contribution < -0.4 is 10.6 Å². The fraction of sp³-hybridized carbons (Fsp3) is 0.350. The number of hydrogen-bond donors (Lipinski definition) is 2. The number of benzene rings is 2. The van der Waals surface area contributed by atoms with E-state index < -0.39 is 0 Å². The number of fused-ring (bicyclic) bond motifs is 1. The summed E-state index contributed by atoms with van der Waals surface area (Å²) in [6.07, 6.45) is 6.09. The lowest BCUT2D eigenvalue weighted by molar-refractivity contribution is 0.623. The zero-order chi connectivity index (χ0) is 16.1. The molecule has 23 heavy (non-hydrogen) atoms. The Kier molecular flexibility index (Phi) is 5.29. The van der Waals surface area contributed by atoms with E-state index in [1.165, 1.54) is 42.4 Å². The molecule has 0 spiro atoms. The molecular formula is C20H24N2S. The lowest BCUT2D eigenvalue weighted by Gasteiger charge is -2.23. The summed E-state index contributed by atoms with van der Waals surface area (Å²) >= 11 is 5.48. The molecular weight excluding hydrogens is 300 g/mol. The Morgan fingerprint density at radius 1 is 1.04 bits per heavy atom. The molecule has 0 aliphatic heterocycles. The Labute approximate surface area is 144 Å². The Balaban J connectivity index is 1.68. The summed E-state index contributed by atoms with van der Waals surface area (Å²) in [4.78, 5) is 0. The topological polar surface area (TPSA) is 24.1 Å². The van der Waals surface area contributed by atoms with Gasteiger partial charge in [0, 0.05) is 5.69 Å². The minimum absolute atomic E-state index is 0.255. The van der Waals surface area contributed by atoms with E-state index in [-0.39, 0.29) is 6.04 Å². The molecule has 2 aromatic carbocycles. The second kappa shape index (κ2) is 7.60. The normalized spacial score (nSPS) is 14.7. The first-order valence-corrected chi connectivity index (χ1v) is 8.91. The zero-order valence-corrected chi connectivity index (χ0v) is 14.5. The molecule has 0 heterocycles. The summed E-state index contributed by atoms with van der Waals surface area (Å²) in [5.74, 6) is 0. The van der Waals surface area contributed by atoms with Gasteiger partial charge in [-0.15, -0.1) is 0 Å². The van der Waals surface area contributed by atoms with Crippen molar-refractivity contribution >= 4 is 23.0 Å². The first kappa shape index (κ1) is 16.0. The predicted octanol–water partition coefficient (Wildman–Crippen LogP) is 5.00. The monoisotopic (exact) mass is 324 g/mol. The SMILES string of the molecule is CC[C@H](NC(=S)Nc1ccccc1)c1ccc2c(c1)CCCC2. The molecule has 2 N–H and O–H groups in total. The fourth-order valence-electron chi connectivity index (χ4n) is 3.24. The average Bonchev–Trinajstić information content (AvgIpc) is 2.60.